The van der Waals surface area contributed by atoms with Crippen LogP contribution in [0.1, 0.15) is 39.5 Å². The summed E-state index contributed by atoms with van der Waals surface area (Å²) in [6, 6.07) is 0. The first-order valence-electron chi connectivity index (χ1n) is 3.98. The zero-order valence-corrected chi connectivity index (χ0v) is 9.26. The second-order valence-electron chi connectivity index (χ2n) is 2.52. The molecule has 0 fully saturated rings. The van der Waals surface area contributed by atoms with Crippen molar-refractivity contribution in [3.05, 3.63) is 0 Å². The predicted molar refractivity (Wildman–Crippen MR) is 53.7 cm³/mol. The Bertz CT molecular complexity index is 115. The molecule has 0 radical (unpaired) electrons. The van der Waals surface area contributed by atoms with Crippen molar-refractivity contribution >= 4 is 28.6 Å². The highest BCUT2D eigenvalue weighted by Crippen LogP contribution is 2.12. The summed E-state index contributed by atoms with van der Waals surface area (Å²) < 4.78 is 5.01. The molecule has 0 aromatic carbocycles. The zero-order chi connectivity index (χ0) is 8.69. The first-order chi connectivity index (χ1) is 5.16. The third-order valence-electron chi connectivity index (χ3n) is 1.33. The maximum absolute atomic E-state index is 10.5. The van der Waals surface area contributed by atoms with E-state index in [4.69, 9.17) is 4.74 Å². The standard InChI is InChI=1S/C8H15IO2/c1-3-4-5-6-8(9)11-7(2)10/h8H,3-6H2,1-2H3. The van der Waals surface area contributed by atoms with E-state index < -0.39 is 0 Å². The van der Waals surface area contributed by atoms with Crippen LogP contribution in [0.5, 0.6) is 0 Å². The smallest absolute Gasteiger partial charge is 0.303 e. The molecule has 0 saturated carbocycles. The van der Waals surface area contributed by atoms with E-state index in [1.54, 1.807) is 0 Å². The molecular weight excluding hydrogens is 255 g/mol. The highest BCUT2D eigenvalue weighted by Gasteiger charge is 2.05. The van der Waals surface area contributed by atoms with Crippen LogP contribution < -0.4 is 0 Å². The number of alkyl halides is 1. The van der Waals surface area contributed by atoms with Crippen molar-refractivity contribution in [3.8, 4) is 0 Å². The van der Waals surface area contributed by atoms with Crippen molar-refractivity contribution in [2.75, 3.05) is 0 Å². The summed E-state index contributed by atoms with van der Waals surface area (Å²) in [5, 5.41) is 0. The van der Waals surface area contributed by atoms with Gasteiger partial charge in [-0.05, 0) is 35.4 Å². The van der Waals surface area contributed by atoms with Crippen molar-refractivity contribution in [3.63, 3.8) is 0 Å². The normalized spacial score (nSPS) is 12.6. The minimum Gasteiger partial charge on any atom is -0.452 e. The van der Waals surface area contributed by atoms with E-state index in [1.165, 1.54) is 19.8 Å². The first-order valence-corrected chi connectivity index (χ1v) is 5.22. The molecule has 0 spiro atoms. The Kier molecular flexibility index (Phi) is 7.01. The molecule has 0 aromatic heterocycles. The van der Waals surface area contributed by atoms with Crippen LogP contribution in [0.25, 0.3) is 0 Å². The molecule has 2 nitrogen and oxygen atoms in total. The van der Waals surface area contributed by atoms with Crippen LogP contribution in [0, 0.1) is 0 Å². The number of esters is 1. The van der Waals surface area contributed by atoms with Gasteiger partial charge in [0.2, 0.25) is 0 Å². The fourth-order valence-corrected chi connectivity index (χ4v) is 1.59. The minimum absolute atomic E-state index is 0.0663. The quantitative estimate of drug-likeness (QED) is 0.332. The summed E-state index contributed by atoms with van der Waals surface area (Å²) in [6.45, 7) is 3.61. The van der Waals surface area contributed by atoms with Crippen LogP contribution in [0.3, 0.4) is 0 Å². The maximum atomic E-state index is 10.5. The molecule has 0 saturated heterocycles. The largest absolute Gasteiger partial charge is 0.452 e. The van der Waals surface area contributed by atoms with Crippen LogP contribution in [0.4, 0.5) is 0 Å². The molecule has 66 valence electrons. The Hall–Kier alpha value is 0.200. The zero-order valence-electron chi connectivity index (χ0n) is 7.10. The molecule has 0 rings (SSSR count). The molecule has 0 aliphatic carbocycles. The van der Waals surface area contributed by atoms with Crippen LogP contribution in [0.2, 0.25) is 0 Å². The molecule has 0 bridgehead atoms. The number of unbranched alkanes of at least 4 members (excludes halogenated alkanes) is 2. The predicted octanol–water partition coefficient (Wildman–Crippen LogP) is 2.89. The number of rotatable bonds is 5. The summed E-state index contributed by atoms with van der Waals surface area (Å²) in [7, 11) is 0. The van der Waals surface area contributed by atoms with E-state index in [0.29, 0.717) is 0 Å². The topological polar surface area (TPSA) is 26.3 Å². The van der Waals surface area contributed by atoms with Crippen molar-refractivity contribution < 1.29 is 9.53 Å². The van der Waals surface area contributed by atoms with Crippen molar-refractivity contribution in [1.82, 2.24) is 0 Å². The number of hydrogen-bond acceptors (Lipinski definition) is 2. The maximum Gasteiger partial charge on any atom is 0.303 e. The number of ether oxygens (including phenoxy) is 1. The summed E-state index contributed by atoms with van der Waals surface area (Å²) in [5.74, 6) is -0.180. The average Bonchev–Trinajstić information content (AvgIpc) is 1.86. The monoisotopic (exact) mass is 270 g/mol. The molecule has 0 aliphatic heterocycles. The summed E-state index contributed by atoms with van der Waals surface area (Å²) >= 11 is 2.15. The Morgan fingerprint density at radius 1 is 1.55 bits per heavy atom. The Morgan fingerprint density at radius 2 is 2.18 bits per heavy atom. The highest BCUT2D eigenvalue weighted by molar-refractivity contribution is 14.1. The van der Waals surface area contributed by atoms with Crippen molar-refractivity contribution in [2.45, 2.75) is 43.6 Å². The van der Waals surface area contributed by atoms with E-state index in [-0.39, 0.29) is 10.1 Å². The van der Waals surface area contributed by atoms with Gasteiger partial charge in [-0.1, -0.05) is 19.8 Å². The third-order valence-corrected chi connectivity index (χ3v) is 2.21. The molecular formula is C8H15IO2. The molecule has 1 atom stereocenters. The lowest BCUT2D eigenvalue weighted by Gasteiger charge is -2.08. The SMILES string of the molecule is CCCCCC(I)OC(C)=O. The van der Waals surface area contributed by atoms with Crippen LogP contribution in [-0.4, -0.2) is 10.1 Å². The molecule has 0 N–H and O–H groups in total. The lowest BCUT2D eigenvalue weighted by atomic mass is 10.2. The van der Waals surface area contributed by atoms with Crippen molar-refractivity contribution in [1.29, 1.82) is 0 Å². The van der Waals surface area contributed by atoms with Crippen LogP contribution in [-0.2, 0) is 9.53 Å². The van der Waals surface area contributed by atoms with Gasteiger partial charge in [0.1, 0.15) is 0 Å². The van der Waals surface area contributed by atoms with Crippen LogP contribution in [0.15, 0.2) is 0 Å². The summed E-state index contributed by atoms with van der Waals surface area (Å²) in [4.78, 5) is 10.5. The molecule has 0 amide bonds. The van der Waals surface area contributed by atoms with Crippen LogP contribution >= 0.6 is 22.6 Å². The minimum atomic E-state index is -0.180. The second-order valence-corrected chi connectivity index (χ2v) is 3.90. The van der Waals surface area contributed by atoms with Gasteiger partial charge in [-0.3, -0.25) is 4.79 Å². The molecule has 0 aromatic rings. The lowest BCUT2D eigenvalue weighted by Crippen LogP contribution is -2.08. The van der Waals surface area contributed by atoms with E-state index in [1.807, 2.05) is 0 Å². The first kappa shape index (κ1) is 11.2. The Balaban J connectivity index is 3.22. The second kappa shape index (κ2) is 6.88. The van der Waals surface area contributed by atoms with Gasteiger partial charge in [0.15, 0.2) is 4.11 Å². The number of hydrogen-bond donors (Lipinski definition) is 0. The third kappa shape index (κ3) is 8.10. The Morgan fingerprint density at radius 3 is 2.64 bits per heavy atom. The van der Waals surface area contributed by atoms with Gasteiger partial charge in [-0.25, -0.2) is 0 Å². The fourth-order valence-electron chi connectivity index (χ4n) is 0.794. The summed E-state index contributed by atoms with van der Waals surface area (Å²) in [6.07, 6.45) is 4.57. The van der Waals surface area contributed by atoms with Gasteiger partial charge in [-0.2, -0.15) is 0 Å². The molecule has 0 heterocycles. The highest BCUT2D eigenvalue weighted by atomic mass is 127. The van der Waals surface area contributed by atoms with Gasteiger partial charge in [0.05, 0.1) is 0 Å². The van der Waals surface area contributed by atoms with Gasteiger partial charge >= 0.3 is 5.97 Å². The van der Waals surface area contributed by atoms with E-state index in [9.17, 15) is 4.79 Å². The van der Waals surface area contributed by atoms with Gasteiger partial charge < -0.3 is 4.74 Å². The summed E-state index contributed by atoms with van der Waals surface area (Å²) in [5.41, 5.74) is 0. The van der Waals surface area contributed by atoms with Crippen molar-refractivity contribution in [2.24, 2.45) is 0 Å². The molecule has 3 heteroatoms. The molecule has 1 unspecified atom stereocenters. The van der Waals surface area contributed by atoms with Gasteiger partial charge in [0.25, 0.3) is 0 Å². The molecule has 11 heavy (non-hydrogen) atoms. The number of carbonyl (C=O) groups excluding carboxylic acids is 1. The fraction of sp³-hybridized carbons (Fsp3) is 0.875. The van der Waals surface area contributed by atoms with E-state index in [2.05, 4.69) is 29.5 Å². The number of carbonyl (C=O) groups is 1. The average molecular weight is 270 g/mol. The lowest BCUT2D eigenvalue weighted by molar-refractivity contribution is -0.141. The van der Waals surface area contributed by atoms with E-state index in [0.717, 1.165) is 12.8 Å². The molecule has 0 aliphatic rings. The number of halogens is 1. The van der Waals surface area contributed by atoms with Gasteiger partial charge in [-0.15, -0.1) is 0 Å². The Labute approximate surface area is 81.8 Å². The van der Waals surface area contributed by atoms with E-state index >= 15 is 0 Å². The van der Waals surface area contributed by atoms with Gasteiger partial charge in [0, 0.05) is 6.92 Å².